The van der Waals surface area contributed by atoms with Crippen molar-refractivity contribution in [2.75, 3.05) is 19.8 Å². The fourth-order valence-corrected chi connectivity index (χ4v) is 7.31. The van der Waals surface area contributed by atoms with Gasteiger partial charge in [-0.15, -0.1) is 0 Å². The molecule has 2 unspecified atom stereocenters. The van der Waals surface area contributed by atoms with E-state index >= 15 is 0 Å². The summed E-state index contributed by atoms with van der Waals surface area (Å²) in [5, 5.41) is 0. The number of aryl methyl sites for hydroxylation is 1. The Kier molecular flexibility index (Phi) is 3.84. The van der Waals surface area contributed by atoms with Crippen LogP contribution in [0.5, 0.6) is 11.5 Å². The number of para-hydroxylation sites is 1. The summed E-state index contributed by atoms with van der Waals surface area (Å²) in [6.07, 6.45) is 3.00. The molecule has 1 amide bonds. The number of hydrogen-bond donors (Lipinski definition) is 0. The summed E-state index contributed by atoms with van der Waals surface area (Å²) in [4.78, 5) is 15.2. The maximum atomic E-state index is 13.3. The molecule has 2 aromatic carbocycles. The predicted molar refractivity (Wildman–Crippen MR) is 116 cm³/mol. The van der Waals surface area contributed by atoms with E-state index in [1.54, 1.807) is 0 Å². The van der Waals surface area contributed by atoms with E-state index in [0.717, 1.165) is 31.4 Å². The van der Waals surface area contributed by atoms with Crippen molar-refractivity contribution in [3.63, 3.8) is 0 Å². The van der Waals surface area contributed by atoms with Gasteiger partial charge in [0.05, 0.1) is 13.2 Å². The van der Waals surface area contributed by atoms with Crippen LogP contribution in [-0.2, 0) is 21.3 Å². The van der Waals surface area contributed by atoms with Gasteiger partial charge in [0, 0.05) is 30.0 Å². The lowest BCUT2D eigenvalue weighted by Gasteiger charge is -2.60. The lowest BCUT2D eigenvalue weighted by molar-refractivity contribution is -0.260. The summed E-state index contributed by atoms with van der Waals surface area (Å²) >= 11 is 0. The number of carbonyl (C=O) groups excluding carboxylic acids is 1. The molecule has 32 heavy (non-hydrogen) atoms. The van der Waals surface area contributed by atoms with E-state index in [9.17, 15) is 4.79 Å². The van der Waals surface area contributed by atoms with Gasteiger partial charge < -0.3 is 23.8 Å². The molecule has 0 N–H and O–H groups in total. The molecule has 1 saturated carbocycles. The first kappa shape index (κ1) is 18.9. The molecular weight excluding hydrogens is 406 g/mol. The Labute approximate surface area is 187 Å². The van der Waals surface area contributed by atoms with Crippen molar-refractivity contribution in [1.82, 2.24) is 4.90 Å². The number of nitrogens with zero attached hydrogens (tertiary/aromatic N) is 1. The molecule has 4 atom stereocenters. The Morgan fingerprint density at radius 2 is 1.91 bits per heavy atom. The Morgan fingerprint density at radius 1 is 1.09 bits per heavy atom. The van der Waals surface area contributed by atoms with E-state index in [1.165, 1.54) is 16.7 Å². The van der Waals surface area contributed by atoms with Crippen LogP contribution in [0, 0.1) is 12.8 Å². The van der Waals surface area contributed by atoms with E-state index in [1.807, 2.05) is 35.2 Å². The van der Waals surface area contributed by atoms with Crippen LogP contribution in [0.15, 0.2) is 42.5 Å². The highest BCUT2D eigenvalue weighted by molar-refractivity contribution is 5.72. The van der Waals surface area contributed by atoms with E-state index in [4.69, 9.17) is 18.9 Å². The number of amides is 1. The quantitative estimate of drug-likeness (QED) is 0.681. The Hall–Kier alpha value is -2.57. The average Bonchev–Trinajstić information content (AvgIpc) is 3.40. The smallest absolute Gasteiger partial charge is 0.415 e. The molecule has 0 radical (unpaired) electrons. The number of ether oxygens (including phenoxy) is 4. The number of fused-ring (bicyclic) bond motifs is 1. The number of rotatable bonds is 1. The highest BCUT2D eigenvalue weighted by atomic mass is 16.8. The van der Waals surface area contributed by atoms with Crippen LogP contribution in [0.4, 0.5) is 4.79 Å². The number of hydrogen-bond acceptors (Lipinski definition) is 5. The third kappa shape index (κ3) is 2.29. The van der Waals surface area contributed by atoms with Crippen molar-refractivity contribution in [3.8, 4) is 11.5 Å². The first-order valence-electron chi connectivity index (χ1n) is 11.7. The van der Waals surface area contributed by atoms with Crippen molar-refractivity contribution in [1.29, 1.82) is 0 Å². The predicted octanol–water partition coefficient (Wildman–Crippen LogP) is 3.98. The van der Waals surface area contributed by atoms with Gasteiger partial charge in [0.1, 0.15) is 11.5 Å². The average molecular weight is 434 g/mol. The number of benzene rings is 2. The Morgan fingerprint density at radius 3 is 2.72 bits per heavy atom. The van der Waals surface area contributed by atoms with Gasteiger partial charge in [-0.1, -0.05) is 30.3 Å². The zero-order chi connectivity index (χ0) is 21.5. The first-order valence-corrected chi connectivity index (χ1v) is 11.7. The molecule has 2 bridgehead atoms. The molecule has 3 heterocycles. The molecule has 2 aromatic rings. The maximum absolute atomic E-state index is 13.3. The SMILES string of the molecule is Cc1ccc2c3c1O[C@@H]1C4(CCC5C(C2)N(C(=O)Oc2ccccc2)CC[C@]351)OCCO4. The summed E-state index contributed by atoms with van der Waals surface area (Å²) in [5.74, 6) is 1.24. The molecule has 3 aliphatic heterocycles. The van der Waals surface area contributed by atoms with Crippen molar-refractivity contribution in [2.24, 2.45) is 5.92 Å². The standard InChI is InChI=1S/C26H27NO5/c1-16-7-8-17-15-20-19-9-10-26(29-13-14-30-26)23-25(19,21(17)22(16)32-23)11-12-27(20)24(28)31-18-5-3-2-4-6-18/h2-8,19-20,23H,9-15H2,1H3/t19?,20?,23-,25+/m0/s1. The molecule has 2 saturated heterocycles. The van der Waals surface area contributed by atoms with Crippen LogP contribution in [0.25, 0.3) is 0 Å². The topological polar surface area (TPSA) is 57.2 Å². The minimum absolute atomic E-state index is 0.0889. The normalized spacial score (nSPS) is 33.0. The molecule has 0 aromatic heterocycles. The lowest BCUT2D eigenvalue weighted by Crippen LogP contribution is -2.71. The summed E-state index contributed by atoms with van der Waals surface area (Å²) in [7, 11) is 0. The fraction of sp³-hybridized carbons (Fsp3) is 0.500. The minimum Gasteiger partial charge on any atom is -0.483 e. The van der Waals surface area contributed by atoms with Crippen molar-refractivity contribution >= 4 is 6.09 Å². The Bertz CT molecular complexity index is 1090. The van der Waals surface area contributed by atoms with Crippen molar-refractivity contribution in [3.05, 3.63) is 59.2 Å². The molecule has 166 valence electrons. The van der Waals surface area contributed by atoms with Crippen LogP contribution >= 0.6 is 0 Å². The minimum atomic E-state index is -0.673. The largest absolute Gasteiger partial charge is 0.483 e. The maximum Gasteiger partial charge on any atom is 0.415 e. The van der Waals surface area contributed by atoms with E-state index in [2.05, 4.69) is 19.1 Å². The van der Waals surface area contributed by atoms with Gasteiger partial charge in [-0.3, -0.25) is 0 Å². The number of carbonyl (C=O) groups is 1. The third-order valence-electron chi connectivity index (χ3n) is 8.49. The second-order valence-corrected chi connectivity index (χ2v) is 9.83. The van der Waals surface area contributed by atoms with Gasteiger partial charge in [-0.2, -0.15) is 0 Å². The van der Waals surface area contributed by atoms with Crippen LogP contribution in [-0.4, -0.2) is 48.7 Å². The molecule has 7 rings (SSSR count). The summed E-state index contributed by atoms with van der Waals surface area (Å²) in [5.41, 5.74) is 3.65. The van der Waals surface area contributed by atoms with Crippen molar-refractivity contribution < 1.29 is 23.7 Å². The Balaban J connectivity index is 1.31. The van der Waals surface area contributed by atoms with Crippen LogP contribution in [0.1, 0.15) is 36.0 Å². The molecule has 3 fully saturated rings. The second-order valence-electron chi connectivity index (χ2n) is 9.83. The zero-order valence-electron chi connectivity index (χ0n) is 18.2. The zero-order valence-corrected chi connectivity index (χ0v) is 18.2. The van der Waals surface area contributed by atoms with Gasteiger partial charge in [-0.25, -0.2) is 4.79 Å². The highest BCUT2D eigenvalue weighted by Crippen LogP contribution is 2.65. The van der Waals surface area contributed by atoms with Crippen molar-refractivity contribution in [2.45, 2.75) is 56.0 Å². The van der Waals surface area contributed by atoms with Crippen LogP contribution < -0.4 is 9.47 Å². The van der Waals surface area contributed by atoms with E-state index in [0.29, 0.717) is 31.4 Å². The third-order valence-corrected chi connectivity index (χ3v) is 8.49. The van der Waals surface area contributed by atoms with E-state index in [-0.39, 0.29) is 23.7 Å². The number of piperidine rings is 1. The fourth-order valence-electron chi connectivity index (χ4n) is 7.31. The summed E-state index contributed by atoms with van der Waals surface area (Å²) < 4.78 is 25.1. The highest BCUT2D eigenvalue weighted by Gasteiger charge is 2.71. The van der Waals surface area contributed by atoms with Gasteiger partial charge >= 0.3 is 6.09 Å². The number of likely N-dealkylation sites (tertiary alicyclic amines) is 1. The first-order chi connectivity index (χ1) is 15.6. The van der Waals surface area contributed by atoms with Gasteiger partial charge in [0.25, 0.3) is 0 Å². The molecule has 6 heteroatoms. The summed E-state index contributed by atoms with van der Waals surface area (Å²) in [6.45, 7) is 4.00. The van der Waals surface area contributed by atoms with Crippen LogP contribution in [0.3, 0.4) is 0 Å². The second kappa shape index (κ2) is 6.49. The molecule has 6 nitrogen and oxygen atoms in total. The summed E-state index contributed by atoms with van der Waals surface area (Å²) in [6, 6.07) is 13.8. The molecular formula is C26H27NO5. The molecule has 2 spiro atoms. The monoisotopic (exact) mass is 433 g/mol. The van der Waals surface area contributed by atoms with Gasteiger partial charge in [0.2, 0.25) is 5.79 Å². The van der Waals surface area contributed by atoms with Gasteiger partial charge in [0.15, 0.2) is 6.10 Å². The molecule has 5 aliphatic rings. The lowest BCUT2D eigenvalue weighted by atomic mass is 9.50. The van der Waals surface area contributed by atoms with Gasteiger partial charge in [-0.05, 0) is 55.4 Å². The van der Waals surface area contributed by atoms with Crippen LogP contribution in [0.2, 0.25) is 0 Å². The molecule has 2 aliphatic carbocycles. The van der Waals surface area contributed by atoms with E-state index < -0.39 is 5.79 Å².